The van der Waals surface area contributed by atoms with Gasteiger partial charge in [-0.05, 0) is 63.6 Å². The van der Waals surface area contributed by atoms with Crippen LogP contribution in [0.15, 0.2) is 48.8 Å². The average molecular weight is 446 g/mol. The Labute approximate surface area is 192 Å². The molecule has 0 aliphatic heterocycles. The summed E-state index contributed by atoms with van der Waals surface area (Å²) < 4.78 is 12.8. The van der Waals surface area contributed by atoms with Gasteiger partial charge in [-0.1, -0.05) is 6.07 Å². The molecule has 0 saturated carbocycles. The Hall–Kier alpha value is -3.94. The quantitative estimate of drug-likeness (QED) is 0.445. The zero-order valence-electron chi connectivity index (χ0n) is 19.4. The van der Waals surface area contributed by atoms with Gasteiger partial charge in [0.1, 0.15) is 11.6 Å². The maximum absolute atomic E-state index is 12.8. The second-order valence-corrected chi connectivity index (χ2v) is 8.61. The van der Waals surface area contributed by atoms with E-state index >= 15 is 0 Å². The second-order valence-electron chi connectivity index (χ2n) is 8.61. The van der Waals surface area contributed by atoms with Gasteiger partial charge in [0.05, 0.1) is 30.3 Å². The topological polar surface area (TPSA) is 105 Å². The predicted molar refractivity (Wildman–Crippen MR) is 128 cm³/mol. The summed E-state index contributed by atoms with van der Waals surface area (Å²) in [5.74, 6) is 1.06. The third-order valence-corrected chi connectivity index (χ3v) is 5.29. The first kappa shape index (κ1) is 22.3. The molecule has 2 aromatic carbocycles. The number of methoxy groups -OCH3 is 1. The van der Waals surface area contributed by atoms with E-state index in [0.29, 0.717) is 22.7 Å². The molecule has 8 nitrogen and oxygen atoms in total. The summed E-state index contributed by atoms with van der Waals surface area (Å²) in [7, 11) is 1.57. The smallest absolute Gasteiger partial charge is 0.339 e. The van der Waals surface area contributed by atoms with Crippen LogP contribution in [-0.2, 0) is 10.3 Å². The molecule has 0 bridgehead atoms. The minimum atomic E-state index is -0.418. The summed E-state index contributed by atoms with van der Waals surface area (Å²) in [6.07, 6.45) is 3.38. The minimum Gasteiger partial charge on any atom is -0.497 e. The summed E-state index contributed by atoms with van der Waals surface area (Å²) in [6, 6.07) is 11.4. The van der Waals surface area contributed by atoms with Crippen LogP contribution in [0.3, 0.4) is 0 Å². The van der Waals surface area contributed by atoms with E-state index in [-0.39, 0.29) is 18.1 Å². The number of fused-ring (bicyclic) bond motifs is 1. The van der Waals surface area contributed by atoms with E-state index in [1.807, 2.05) is 30.3 Å². The van der Waals surface area contributed by atoms with Gasteiger partial charge in [-0.3, -0.25) is 0 Å². The maximum Gasteiger partial charge on any atom is 0.339 e. The van der Waals surface area contributed by atoms with Crippen molar-refractivity contribution in [1.82, 2.24) is 19.5 Å². The number of esters is 1. The van der Waals surface area contributed by atoms with Crippen molar-refractivity contribution in [2.45, 2.75) is 33.2 Å². The SMILES string of the molecule is CCOC(=O)c1cc(OC)ccc1-c1nc2cc(-c3cnc(N)nc3)ccc2n1C(C)(C)C. The minimum absolute atomic E-state index is 0.227. The van der Waals surface area contributed by atoms with Crippen molar-refractivity contribution < 1.29 is 14.3 Å². The molecular formula is C25H27N5O3. The number of nitrogens with zero attached hydrogens (tertiary/aromatic N) is 4. The molecule has 0 saturated heterocycles. The van der Waals surface area contributed by atoms with Crippen LogP contribution in [0.5, 0.6) is 5.75 Å². The number of nitrogen functional groups attached to an aromatic ring is 1. The van der Waals surface area contributed by atoms with Gasteiger partial charge >= 0.3 is 5.97 Å². The van der Waals surface area contributed by atoms with Crippen molar-refractivity contribution in [3.05, 3.63) is 54.4 Å². The van der Waals surface area contributed by atoms with E-state index in [4.69, 9.17) is 20.2 Å². The molecular weight excluding hydrogens is 418 g/mol. The Kier molecular flexibility index (Phi) is 5.76. The van der Waals surface area contributed by atoms with E-state index in [1.165, 1.54) is 0 Å². The van der Waals surface area contributed by atoms with Crippen LogP contribution in [0, 0.1) is 0 Å². The molecule has 2 heterocycles. The van der Waals surface area contributed by atoms with E-state index in [9.17, 15) is 4.79 Å². The Morgan fingerprint density at radius 2 is 1.79 bits per heavy atom. The van der Waals surface area contributed by atoms with Crippen LogP contribution in [0.25, 0.3) is 33.5 Å². The molecule has 4 aromatic rings. The zero-order chi connectivity index (χ0) is 23.8. The van der Waals surface area contributed by atoms with Crippen molar-refractivity contribution in [1.29, 1.82) is 0 Å². The van der Waals surface area contributed by atoms with Crippen LogP contribution in [-0.4, -0.2) is 39.2 Å². The molecule has 0 radical (unpaired) electrons. The molecule has 8 heteroatoms. The van der Waals surface area contributed by atoms with Crippen molar-refractivity contribution >= 4 is 23.0 Å². The molecule has 4 rings (SSSR count). The van der Waals surface area contributed by atoms with Crippen LogP contribution in [0.4, 0.5) is 5.95 Å². The molecule has 170 valence electrons. The molecule has 0 fully saturated rings. The van der Waals surface area contributed by atoms with E-state index < -0.39 is 5.97 Å². The first-order chi connectivity index (χ1) is 15.7. The van der Waals surface area contributed by atoms with E-state index in [1.54, 1.807) is 32.5 Å². The number of ether oxygens (including phenoxy) is 2. The number of imidazole rings is 1. The Bertz CT molecular complexity index is 1320. The number of rotatable bonds is 5. The zero-order valence-corrected chi connectivity index (χ0v) is 19.4. The van der Waals surface area contributed by atoms with Gasteiger partial charge in [0.25, 0.3) is 0 Å². The van der Waals surface area contributed by atoms with Crippen molar-refractivity contribution in [2.24, 2.45) is 0 Å². The third kappa shape index (κ3) is 4.24. The van der Waals surface area contributed by atoms with E-state index in [2.05, 4.69) is 35.3 Å². The van der Waals surface area contributed by atoms with Gasteiger partial charge in [-0.15, -0.1) is 0 Å². The fourth-order valence-corrected chi connectivity index (χ4v) is 3.83. The number of hydrogen-bond donors (Lipinski definition) is 1. The highest BCUT2D eigenvalue weighted by Crippen LogP contribution is 2.36. The summed E-state index contributed by atoms with van der Waals surface area (Å²) >= 11 is 0. The highest BCUT2D eigenvalue weighted by Gasteiger charge is 2.26. The van der Waals surface area contributed by atoms with Gasteiger partial charge in [-0.25, -0.2) is 19.7 Å². The summed E-state index contributed by atoms with van der Waals surface area (Å²) in [5, 5.41) is 0. The molecule has 33 heavy (non-hydrogen) atoms. The van der Waals surface area contributed by atoms with Crippen molar-refractivity contribution in [3.63, 3.8) is 0 Å². The average Bonchev–Trinajstić information content (AvgIpc) is 3.18. The lowest BCUT2D eigenvalue weighted by molar-refractivity contribution is 0.0526. The lowest BCUT2D eigenvalue weighted by atomic mass is 10.0. The normalized spacial score (nSPS) is 11.5. The first-order valence-electron chi connectivity index (χ1n) is 10.7. The molecule has 0 spiro atoms. The number of aromatic nitrogens is 4. The van der Waals surface area contributed by atoms with E-state index in [0.717, 1.165) is 22.2 Å². The summed E-state index contributed by atoms with van der Waals surface area (Å²) in [4.78, 5) is 25.9. The van der Waals surface area contributed by atoms with Crippen molar-refractivity contribution in [3.8, 4) is 28.3 Å². The number of hydrogen-bond acceptors (Lipinski definition) is 7. The molecule has 0 amide bonds. The number of carbonyl (C=O) groups is 1. The molecule has 0 aliphatic carbocycles. The van der Waals surface area contributed by atoms with Gasteiger partial charge in [0.2, 0.25) is 5.95 Å². The maximum atomic E-state index is 12.8. The predicted octanol–water partition coefficient (Wildman–Crippen LogP) is 4.68. The Morgan fingerprint density at radius 1 is 1.06 bits per heavy atom. The summed E-state index contributed by atoms with van der Waals surface area (Å²) in [6.45, 7) is 8.37. The monoisotopic (exact) mass is 445 g/mol. The molecule has 2 N–H and O–H groups in total. The largest absolute Gasteiger partial charge is 0.497 e. The fraction of sp³-hybridized carbons (Fsp3) is 0.280. The van der Waals surface area contributed by atoms with Crippen LogP contribution < -0.4 is 10.5 Å². The Morgan fingerprint density at radius 3 is 2.42 bits per heavy atom. The number of benzene rings is 2. The van der Waals surface area contributed by atoms with Gasteiger partial charge in [-0.2, -0.15) is 0 Å². The number of carbonyl (C=O) groups excluding carboxylic acids is 1. The lowest BCUT2D eigenvalue weighted by Crippen LogP contribution is -2.23. The van der Waals surface area contributed by atoms with Crippen LogP contribution in [0.1, 0.15) is 38.1 Å². The highest BCUT2D eigenvalue weighted by molar-refractivity contribution is 5.98. The van der Waals surface area contributed by atoms with Gasteiger partial charge in [0.15, 0.2) is 0 Å². The van der Waals surface area contributed by atoms with Crippen LogP contribution >= 0.6 is 0 Å². The first-order valence-corrected chi connectivity index (χ1v) is 10.7. The summed E-state index contributed by atoms with van der Waals surface area (Å²) in [5.41, 5.74) is 9.91. The Balaban J connectivity index is 1.96. The van der Waals surface area contributed by atoms with Crippen molar-refractivity contribution in [2.75, 3.05) is 19.5 Å². The van der Waals surface area contributed by atoms with Gasteiger partial charge < -0.3 is 19.8 Å². The lowest BCUT2D eigenvalue weighted by Gasteiger charge is -2.25. The molecule has 0 aliphatic rings. The van der Waals surface area contributed by atoms with Crippen LogP contribution in [0.2, 0.25) is 0 Å². The second kappa shape index (κ2) is 8.54. The standard InChI is InChI=1S/C25H27N5O3/c1-6-33-23(31)19-12-17(32-5)8-9-18(19)22-29-20-11-15(16-13-27-24(26)28-14-16)7-10-21(20)30(22)25(2,3)4/h7-14H,6H2,1-5H3,(H2,26,27,28). The third-order valence-electron chi connectivity index (χ3n) is 5.29. The fourth-order valence-electron chi connectivity index (χ4n) is 3.83. The molecule has 0 unspecified atom stereocenters. The molecule has 0 atom stereocenters. The number of nitrogens with two attached hydrogens (primary N) is 1. The highest BCUT2D eigenvalue weighted by atomic mass is 16.5. The van der Waals surface area contributed by atoms with Gasteiger partial charge in [0, 0.05) is 29.1 Å². The molecule has 2 aromatic heterocycles. The number of anilines is 1.